The van der Waals surface area contributed by atoms with Crippen LogP contribution in [0.15, 0.2) is 17.2 Å². The number of thioether (sulfide) groups is 1. The van der Waals surface area contributed by atoms with Gasteiger partial charge in [0.2, 0.25) is 0 Å². The molecule has 0 aromatic carbocycles. The summed E-state index contributed by atoms with van der Waals surface area (Å²) in [5, 5.41) is 7.34. The standard InChI is InChI=1S/C6H9N3S/c1-2-10-5-3-6(7)9-8-4-5/h3-4H,2H2,1H3,(H2,7,9). The maximum Gasteiger partial charge on any atom is 0.147 e. The minimum atomic E-state index is 0.485. The summed E-state index contributed by atoms with van der Waals surface area (Å²) in [7, 11) is 0. The number of rotatable bonds is 2. The van der Waals surface area contributed by atoms with Crippen molar-refractivity contribution in [2.45, 2.75) is 11.8 Å². The Labute approximate surface area is 64.0 Å². The normalized spacial score (nSPS) is 9.70. The summed E-state index contributed by atoms with van der Waals surface area (Å²) < 4.78 is 0. The quantitative estimate of drug-likeness (QED) is 0.651. The SMILES string of the molecule is CCSc1cnnc(N)c1. The maximum atomic E-state index is 5.40. The highest BCUT2D eigenvalue weighted by atomic mass is 32.2. The van der Waals surface area contributed by atoms with Gasteiger partial charge >= 0.3 is 0 Å². The molecule has 10 heavy (non-hydrogen) atoms. The molecule has 0 unspecified atom stereocenters. The fourth-order valence-electron chi connectivity index (χ4n) is 0.610. The summed E-state index contributed by atoms with van der Waals surface area (Å²) in [4.78, 5) is 1.08. The van der Waals surface area contributed by atoms with Gasteiger partial charge in [-0.15, -0.1) is 16.9 Å². The fraction of sp³-hybridized carbons (Fsp3) is 0.333. The van der Waals surface area contributed by atoms with Gasteiger partial charge in [-0.3, -0.25) is 0 Å². The summed E-state index contributed by atoms with van der Waals surface area (Å²) >= 11 is 1.71. The third-order valence-corrected chi connectivity index (χ3v) is 1.80. The van der Waals surface area contributed by atoms with Gasteiger partial charge in [0.25, 0.3) is 0 Å². The van der Waals surface area contributed by atoms with Gasteiger partial charge < -0.3 is 5.73 Å². The van der Waals surface area contributed by atoms with E-state index >= 15 is 0 Å². The molecule has 1 heterocycles. The van der Waals surface area contributed by atoms with Crippen LogP contribution in [0.2, 0.25) is 0 Å². The first-order valence-electron chi connectivity index (χ1n) is 3.04. The molecular formula is C6H9N3S. The van der Waals surface area contributed by atoms with Crippen molar-refractivity contribution in [1.82, 2.24) is 10.2 Å². The molecule has 0 bridgehead atoms. The first kappa shape index (κ1) is 7.34. The zero-order valence-corrected chi connectivity index (χ0v) is 6.56. The lowest BCUT2D eigenvalue weighted by molar-refractivity contribution is 1.01. The van der Waals surface area contributed by atoms with E-state index in [-0.39, 0.29) is 0 Å². The summed E-state index contributed by atoms with van der Waals surface area (Å²) in [5.41, 5.74) is 5.40. The Bertz CT molecular complexity index is 214. The molecule has 0 radical (unpaired) electrons. The highest BCUT2D eigenvalue weighted by Gasteiger charge is 1.92. The lowest BCUT2D eigenvalue weighted by atomic mass is 10.5. The molecule has 3 nitrogen and oxygen atoms in total. The summed E-state index contributed by atoms with van der Waals surface area (Å²) in [5.74, 6) is 1.52. The van der Waals surface area contributed by atoms with Crippen LogP contribution in [0.4, 0.5) is 5.82 Å². The zero-order chi connectivity index (χ0) is 7.40. The minimum absolute atomic E-state index is 0.485. The monoisotopic (exact) mass is 155 g/mol. The highest BCUT2D eigenvalue weighted by molar-refractivity contribution is 7.99. The predicted molar refractivity (Wildman–Crippen MR) is 42.8 cm³/mol. The Morgan fingerprint density at radius 3 is 3.10 bits per heavy atom. The van der Waals surface area contributed by atoms with Crippen LogP contribution >= 0.6 is 11.8 Å². The number of hydrogen-bond donors (Lipinski definition) is 1. The average Bonchev–Trinajstić information content (AvgIpc) is 1.88. The molecule has 0 aliphatic rings. The Morgan fingerprint density at radius 1 is 1.70 bits per heavy atom. The number of anilines is 1. The molecule has 54 valence electrons. The third kappa shape index (κ3) is 1.88. The van der Waals surface area contributed by atoms with Gasteiger partial charge in [0, 0.05) is 4.90 Å². The molecule has 0 aliphatic carbocycles. The van der Waals surface area contributed by atoms with Gasteiger partial charge in [0.15, 0.2) is 0 Å². The topological polar surface area (TPSA) is 51.8 Å². The molecule has 4 heteroatoms. The number of hydrogen-bond acceptors (Lipinski definition) is 4. The van der Waals surface area contributed by atoms with Crippen LogP contribution in [0.1, 0.15) is 6.92 Å². The van der Waals surface area contributed by atoms with Crippen molar-refractivity contribution in [3.63, 3.8) is 0 Å². The maximum absolute atomic E-state index is 5.40. The first-order chi connectivity index (χ1) is 4.83. The molecule has 0 saturated heterocycles. The predicted octanol–water partition coefficient (Wildman–Crippen LogP) is 1.17. The second-order valence-corrected chi connectivity index (χ2v) is 3.09. The van der Waals surface area contributed by atoms with Crippen molar-refractivity contribution in [3.05, 3.63) is 12.3 Å². The van der Waals surface area contributed by atoms with Crippen LogP contribution in [-0.4, -0.2) is 16.0 Å². The largest absolute Gasteiger partial charge is 0.382 e. The lowest BCUT2D eigenvalue weighted by Crippen LogP contribution is -1.91. The molecule has 2 N–H and O–H groups in total. The summed E-state index contributed by atoms with van der Waals surface area (Å²) in [6.07, 6.45) is 1.71. The second-order valence-electron chi connectivity index (χ2n) is 1.75. The average molecular weight is 155 g/mol. The van der Waals surface area contributed by atoms with Gasteiger partial charge in [-0.1, -0.05) is 6.92 Å². The first-order valence-corrected chi connectivity index (χ1v) is 4.02. The van der Waals surface area contributed by atoms with Crippen LogP contribution in [0.25, 0.3) is 0 Å². The molecule has 0 amide bonds. The summed E-state index contributed by atoms with van der Waals surface area (Å²) in [6.45, 7) is 2.08. The second kappa shape index (κ2) is 3.41. The number of nitrogens with two attached hydrogens (primary N) is 1. The van der Waals surface area contributed by atoms with Crippen LogP contribution in [0, 0.1) is 0 Å². The van der Waals surface area contributed by atoms with Gasteiger partial charge in [-0.05, 0) is 11.8 Å². The Morgan fingerprint density at radius 2 is 2.50 bits per heavy atom. The van der Waals surface area contributed by atoms with E-state index in [0.29, 0.717) is 5.82 Å². The number of nitrogen functional groups attached to an aromatic ring is 1. The molecular weight excluding hydrogens is 146 g/mol. The molecule has 0 aliphatic heterocycles. The Balaban J connectivity index is 2.75. The van der Waals surface area contributed by atoms with E-state index in [1.165, 1.54) is 0 Å². The van der Waals surface area contributed by atoms with Crippen molar-refractivity contribution >= 4 is 17.6 Å². The van der Waals surface area contributed by atoms with E-state index in [2.05, 4.69) is 17.1 Å². The number of nitrogens with zero attached hydrogens (tertiary/aromatic N) is 2. The molecule has 1 aromatic rings. The van der Waals surface area contributed by atoms with E-state index in [1.807, 2.05) is 6.07 Å². The van der Waals surface area contributed by atoms with Gasteiger partial charge in [0.1, 0.15) is 5.82 Å². The van der Waals surface area contributed by atoms with Crippen molar-refractivity contribution in [2.24, 2.45) is 0 Å². The Hall–Kier alpha value is -0.770. The van der Waals surface area contributed by atoms with Crippen molar-refractivity contribution in [1.29, 1.82) is 0 Å². The molecule has 0 atom stereocenters. The highest BCUT2D eigenvalue weighted by Crippen LogP contribution is 2.16. The zero-order valence-electron chi connectivity index (χ0n) is 5.74. The van der Waals surface area contributed by atoms with Crippen molar-refractivity contribution in [3.8, 4) is 0 Å². The van der Waals surface area contributed by atoms with Crippen molar-refractivity contribution in [2.75, 3.05) is 11.5 Å². The van der Waals surface area contributed by atoms with Crippen molar-refractivity contribution < 1.29 is 0 Å². The van der Waals surface area contributed by atoms with E-state index in [4.69, 9.17) is 5.73 Å². The summed E-state index contributed by atoms with van der Waals surface area (Å²) in [6, 6.07) is 1.82. The molecule has 0 spiro atoms. The lowest BCUT2D eigenvalue weighted by Gasteiger charge is -1.95. The fourth-order valence-corrected chi connectivity index (χ4v) is 1.27. The third-order valence-electron chi connectivity index (χ3n) is 0.959. The Kier molecular flexibility index (Phi) is 2.50. The number of aromatic nitrogens is 2. The van der Waals surface area contributed by atoms with Crippen LogP contribution in [0.5, 0.6) is 0 Å². The van der Waals surface area contributed by atoms with E-state index in [1.54, 1.807) is 18.0 Å². The van der Waals surface area contributed by atoms with Crippen LogP contribution in [-0.2, 0) is 0 Å². The van der Waals surface area contributed by atoms with Gasteiger partial charge in [-0.25, -0.2) is 0 Å². The molecule has 1 rings (SSSR count). The molecule has 0 fully saturated rings. The van der Waals surface area contributed by atoms with E-state index < -0.39 is 0 Å². The van der Waals surface area contributed by atoms with Crippen LogP contribution in [0.3, 0.4) is 0 Å². The molecule has 1 aromatic heterocycles. The van der Waals surface area contributed by atoms with Gasteiger partial charge in [-0.2, -0.15) is 5.10 Å². The minimum Gasteiger partial charge on any atom is -0.382 e. The van der Waals surface area contributed by atoms with E-state index in [9.17, 15) is 0 Å². The van der Waals surface area contributed by atoms with Crippen LogP contribution < -0.4 is 5.73 Å². The van der Waals surface area contributed by atoms with E-state index in [0.717, 1.165) is 10.6 Å². The molecule has 0 saturated carbocycles. The van der Waals surface area contributed by atoms with Gasteiger partial charge in [0.05, 0.1) is 6.20 Å². The smallest absolute Gasteiger partial charge is 0.147 e.